The van der Waals surface area contributed by atoms with E-state index in [2.05, 4.69) is 29.8 Å². The number of rotatable bonds is 11. The first kappa shape index (κ1) is 26.7. The average Bonchev–Trinajstić information content (AvgIpc) is 2.81. The average molecular weight is 500 g/mol. The van der Waals surface area contributed by atoms with Crippen LogP contribution in [0.15, 0.2) is 36.4 Å². The Bertz CT molecular complexity index is 1180. The van der Waals surface area contributed by atoms with Crippen LogP contribution in [0.25, 0.3) is 0 Å². The predicted octanol–water partition coefficient (Wildman–Crippen LogP) is 4.60. The quantitative estimate of drug-likeness (QED) is 0.419. The Morgan fingerprint density at radius 1 is 1.09 bits per heavy atom. The number of benzene rings is 2. The second kappa shape index (κ2) is 11.7. The highest BCUT2D eigenvalue weighted by atomic mass is 32.2. The number of anilines is 2. The van der Waals surface area contributed by atoms with E-state index in [1.165, 1.54) is 0 Å². The minimum Gasteiger partial charge on any atom is -0.371 e. The smallest absolute Gasteiger partial charge is 0.251 e. The van der Waals surface area contributed by atoms with Crippen molar-refractivity contribution in [3.05, 3.63) is 58.7 Å². The minimum absolute atomic E-state index is 0.116. The van der Waals surface area contributed by atoms with Gasteiger partial charge in [-0.1, -0.05) is 56.9 Å². The van der Waals surface area contributed by atoms with Crippen LogP contribution in [0.1, 0.15) is 66.6 Å². The Balaban J connectivity index is 1.64. The highest BCUT2D eigenvalue weighted by Crippen LogP contribution is 2.29. The molecule has 1 heterocycles. The number of amides is 2. The molecular formula is C27H37N3O4S. The summed E-state index contributed by atoms with van der Waals surface area (Å²) in [7, 11) is -3.54. The molecule has 0 aliphatic carbocycles. The molecule has 190 valence electrons. The van der Waals surface area contributed by atoms with Gasteiger partial charge in [-0.2, -0.15) is 0 Å². The standard InChI is InChI=1S/C27H37N3O4S/c1-5-7-8-20(6-2)15-28-26(31)21-11-12-23-24(14-21)30-27(32)25(29-23)17-35(33,34)16-22-13-18(3)9-10-19(22)4/h9-14,20,25,29H,5-8,15-17H2,1-4H3,(H,28,31)(H,30,32). The number of fused-ring (bicyclic) bond motifs is 1. The van der Waals surface area contributed by atoms with Crippen molar-refractivity contribution in [1.29, 1.82) is 0 Å². The molecule has 2 atom stereocenters. The summed E-state index contributed by atoms with van der Waals surface area (Å²) in [6, 6.07) is 9.85. The fraction of sp³-hybridized carbons (Fsp3) is 0.481. The van der Waals surface area contributed by atoms with Crippen molar-refractivity contribution < 1.29 is 18.0 Å². The molecule has 1 aliphatic rings. The first-order valence-electron chi connectivity index (χ1n) is 12.4. The molecule has 35 heavy (non-hydrogen) atoms. The van der Waals surface area contributed by atoms with Crippen LogP contribution in [-0.2, 0) is 20.4 Å². The Morgan fingerprint density at radius 2 is 1.86 bits per heavy atom. The molecule has 2 aromatic carbocycles. The van der Waals surface area contributed by atoms with Crippen molar-refractivity contribution in [2.24, 2.45) is 5.92 Å². The molecule has 1 aliphatic heterocycles. The van der Waals surface area contributed by atoms with E-state index in [9.17, 15) is 18.0 Å². The van der Waals surface area contributed by atoms with Crippen molar-refractivity contribution in [3.8, 4) is 0 Å². The molecule has 8 heteroatoms. The maximum atomic E-state index is 12.9. The van der Waals surface area contributed by atoms with Crippen LogP contribution < -0.4 is 16.0 Å². The molecule has 7 nitrogen and oxygen atoms in total. The summed E-state index contributed by atoms with van der Waals surface area (Å²) < 4.78 is 25.8. The van der Waals surface area contributed by atoms with Gasteiger partial charge in [-0.25, -0.2) is 8.42 Å². The Labute approximate surface area is 209 Å². The predicted molar refractivity (Wildman–Crippen MR) is 142 cm³/mol. The lowest BCUT2D eigenvalue weighted by molar-refractivity contribution is -0.116. The zero-order chi connectivity index (χ0) is 25.6. The van der Waals surface area contributed by atoms with Crippen LogP contribution in [-0.4, -0.2) is 38.6 Å². The number of aryl methyl sites for hydroxylation is 2. The van der Waals surface area contributed by atoms with Crippen LogP contribution in [0.3, 0.4) is 0 Å². The highest BCUT2D eigenvalue weighted by molar-refractivity contribution is 7.90. The van der Waals surface area contributed by atoms with Crippen molar-refractivity contribution in [1.82, 2.24) is 5.32 Å². The molecular weight excluding hydrogens is 462 g/mol. The maximum Gasteiger partial charge on any atom is 0.251 e. The molecule has 0 spiro atoms. The third kappa shape index (κ3) is 7.31. The van der Waals surface area contributed by atoms with Crippen molar-refractivity contribution in [2.45, 2.75) is 65.2 Å². The fourth-order valence-electron chi connectivity index (χ4n) is 4.29. The third-order valence-electron chi connectivity index (χ3n) is 6.58. The molecule has 2 aromatic rings. The van der Waals surface area contributed by atoms with Crippen LogP contribution in [0.2, 0.25) is 0 Å². The first-order chi connectivity index (χ1) is 16.6. The highest BCUT2D eigenvalue weighted by Gasteiger charge is 2.31. The summed E-state index contributed by atoms with van der Waals surface area (Å²) in [5.41, 5.74) is 4.18. The zero-order valence-electron chi connectivity index (χ0n) is 21.1. The van der Waals surface area contributed by atoms with Gasteiger partial charge in [-0.15, -0.1) is 0 Å². The maximum absolute atomic E-state index is 12.9. The molecule has 0 fully saturated rings. The Kier molecular flexibility index (Phi) is 8.94. The van der Waals surface area contributed by atoms with Crippen LogP contribution in [0.5, 0.6) is 0 Å². The number of hydrogen-bond donors (Lipinski definition) is 3. The zero-order valence-corrected chi connectivity index (χ0v) is 21.9. The van der Waals surface area contributed by atoms with Gasteiger partial charge in [0.1, 0.15) is 6.04 Å². The number of carbonyl (C=O) groups excluding carboxylic acids is 2. The largest absolute Gasteiger partial charge is 0.371 e. The Hall–Kier alpha value is -2.87. The molecule has 0 saturated carbocycles. The van der Waals surface area contributed by atoms with Crippen molar-refractivity contribution in [3.63, 3.8) is 0 Å². The van der Waals surface area contributed by atoms with Gasteiger partial charge in [0, 0.05) is 12.1 Å². The van der Waals surface area contributed by atoms with Gasteiger partial charge in [0.2, 0.25) is 5.91 Å². The van der Waals surface area contributed by atoms with E-state index in [1.807, 2.05) is 32.0 Å². The molecule has 0 radical (unpaired) electrons. The first-order valence-corrected chi connectivity index (χ1v) is 14.2. The summed E-state index contributed by atoms with van der Waals surface area (Å²) in [5, 5.41) is 8.81. The van der Waals surface area contributed by atoms with Crippen molar-refractivity contribution >= 4 is 33.0 Å². The van der Waals surface area contributed by atoms with E-state index in [0.717, 1.165) is 42.4 Å². The summed E-state index contributed by atoms with van der Waals surface area (Å²) in [5.74, 6) is -0.594. The van der Waals surface area contributed by atoms with Crippen LogP contribution in [0.4, 0.5) is 11.4 Å². The van der Waals surface area contributed by atoms with Gasteiger partial charge in [-0.05, 0) is 55.5 Å². The molecule has 0 saturated heterocycles. The number of unbranched alkanes of at least 4 members (excludes halogenated alkanes) is 1. The fourth-order valence-corrected chi connectivity index (χ4v) is 5.94. The van der Waals surface area contributed by atoms with Crippen LogP contribution >= 0.6 is 0 Å². The normalized spacial score (nSPS) is 16.1. The molecule has 2 unspecified atom stereocenters. The number of carbonyl (C=O) groups is 2. The lowest BCUT2D eigenvalue weighted by atomic mass is 9.99. The van der Waals surface area contributed by atoms with Gasteiger partial charge in [-0.3, -0.25) is 9.59 Å². The minimum atomic E-state index is -3.54. The SMILES string of the molecule is CCCCC(CC)CNC(=O)c1ccc2c(c1)NC(=O)C(CS(=O)(=O)Cc1cc(C)ccc1C)N2. The number of hydrogen-bond acceptors (Lipinski definition) is 5. The van der Waals surface area contributed by atoms with E-state index in [4.69, 9.17) is 0 Å². The van der Waals surface area contributed by atoms with Crippen LogP contribution in [0, 0.1) is 19.8 Å². The topological polar surface area (TPSA) is 104 Å². The van der Waals surface area contributed by atoms with E-state index >= 15 is 0 Å². The van der Waals surface area contributed by atoms with Gasteiger partial charge >= 0.3 is 0 Å². The second-order valence-electron chi connectivity index (χ2n) is 9.56. The van der Waals surface area contributed by atoms with Gasteiger partial charge in [0.05, 0.1) is 22.9 Å². The van der Waals surface area contributed by atoms with E-state index in [-0.39, 0.29) is 17.4 Å². The lowest BCUT2D eigenvalue weighted by Gasteiger charge is -2.27. The number of nitrogens with one attached hydrogen (secondary N) is 3. The van der Waals surface area contributed by atoms with Gasteiger partial charge < -0.3 is 16.0 Å². The second-order valence-corrected chi connectivity index (χ2v) is 11.7. The number of sulfone groups is 1. The van der Waals surface area contributed by atoms with E-state index in [1.54, 1.807) is 18.2 Å². The van der Waals surface area contributed by atoms with Crippen molar-refractivity contribution in [2.75, 3.05) is 22.9 Å². The Morgan fingerprint density at radius 3 is 2.57 bits per heavy atom. The van der Waals surface area contributed by atoms with Gasteiger partial charge in [0.25, 0.3) is 5.91 Å². The van der Waals surface area contributed by atoms with E-state index < -0.39 is 21.8 Å². The van der Waals surface area contributed by atoms with Gasteiger partial charge in [0.15, 0.2) is 9.84 Å². The molecule has 3 N–H and O–H groups in total. The third-order valence-corrected chi connectivity index (χ3v) is 8.17. The monoisotopic (exact) mass is 499 g/mol. The molecule has 0 aromatic heterocycles. The molecule has 0 bridgehead atoms. The summed E-state index contributed by atoms with van der Waals surface area (Å²) >= 11 is 0. The summed E-state index contributed by atoms with van der Waals surface area (Å²) in [6.45, 7) is 8.72. The summed E-state index contributed by atoms with van der Waals surface area (Å²) in [6.07, 6.45) is 4.38. The summed E-state index contributed by atoms with van der Waals surface area (Å²) in [4.78, 5) is 25.4. The lowest BCUT2D eigenvalue weighted by Crippen LogP contribution is -2.43. The molecule has 3 rings (SSSR count). The molecule has 2 amide bonds. The van der Waals surface area contributed by atoms with E-state index in [0.29, 0.717) is 29.4 Å².